The van der Waals surface area contributed by atoms with Gasteiger partial charge in [0, 0.05) is 19.2 Å². The van der Waals surface area contributed by atoms with Crippen molar-refractivity contribution in [2.45, 2.75) is 43.6 Å². The molecule has 25 heavy (non-hydrogen) atoms. The predicted molar refractivity (Wildman–Crippen MR) is 91.3 cm³/mol. The summed E-state index contributed by atoms with van der Waals surface area (Å²) in [7, 11) is 1.53. The van der Waals surface area contributed by atoms with E-state index in [1.54, 1.807) is 24.3 Å². The molecule has 8 heteroatoms. The van der Waals surface area contributed by atoms with Crippen LogP contribution in [0.3, 0.4) is 0 Å². The summed E-state index contributed by atoms with van der Waals surface area (Å²) < 4.78 is 11.4. The number of hydrogen-bond donors (Lipinski definition) is 2. The van der Waals surface area contributed by atoms with E-state index >= 15 is 0 Å². The molecule has 0 atom stereocenters. The van der Waals surface area contributed by atoms with Gasteiger partial charge < -0.3 is 24.9 Å². The summed E-state index contributed by atoms with van der Waals surface area (Å²) in [6, 6.07) is 1.01. The standard InChI is InChI=1S/C17H21N5O3/c1-24-17(8-6-11(10-23)7-9-17)25-16-21-14(18-12-2-3-12)20-15(22-16)19-13-4-5-13/h6-13H,2-5H2,1H3,(H2,18,19,20,21,22). The van der Waals surface area contributed by atoms with Crippen LogP contribution >= 0.6 is 0 Å². The zero-order valence-electron chi connectivity index (χ0n) is 14.0. The number of ether oxygens (including phenoxy) is 2. The van der Waals surface area contributed by atoms with E-state index in [1.165, 1.54) is 7.11 Å². The van der Waals surface area contributed by atoms with Gasteiger partial charge in [0.1, 0.15) is 6.29 Å². The van der Waals surface area contributed by atoms with Crippen LogP contribution in [0.1, 0.15) is 25.7 Å². The molecule has 1 aromatic heterocycles. The first-order valence-corrected chi connectivity index (χ1v) is 8.55. The molecular weight excluding hydrogens is 322 g/mol. The van der Waals surface area contributed by atoms with Gasteiger partial charge in [0.2, 0.25) is 11.9 Å². The van der Waals surface area contributed by atoms with Gasteiger partial charge in [-0.15, -0.1) is 0 Å². The van der Waals surface area contributed by atoms with E-state index in [9.17, 15) is 4.79 Å². The Morgan fingerprint density at radius 2 is 1.60 bits per heavy atom. The van der Waals surface area contributed by atoms with Crippen molar-refractivity contribution in [2.24, 2.45) is 5.92 Å². The van der Waals surface area contributed by atoms with Crippen LogP contribution in [0.15, 0.2) is 24.3 Å². The van der Waals surface area contributed by atoms with Gasteiger partial charge in [-0.25, -0.2) is 0 Å². The molecule has 0 saturated heterocycles. The quantitative estimate of drug-likeness (QED) is 0.418. The molecule has 0 aliphatic heterocycles. The van der Waals surface area contributed by atoms with Gasteiger partial charge in [0.05, 0.1) is 5.92 Å². The van der Waals surface area contributed by atoms with Crippen molar-refractivity contribution in [3.63, 3.8) is 0 Å². The zero-order valence-corrected chi connectivity index (χ0v) is 14.0. The minimum Gasteiger partial charge on any atom is -0.423 e. The topological polar surface area (TPSA) is 98.3 Å². The van der Waals surface area contributed by atoms with Crippen LogP contribution in [0.5, 0.6) is 6.01 Å². The Morgan fingerprint density at radius 1 is 1.04 bits per heavy atom. The number of methoxy groups -OCH3 is 1. The van der Waals surface area contributed by atoms with Crippen LogP contribution in [0.2, 0.25) is 0 Å². The molecule has 3 aliphatic rings. The van der Waals surface area contributed by atoms with Gasteiger partial charge in [0.15, 0.2) is 0 Å². The van der Waals surface area contributed by atoms with Crippen molar-refractivity contribution >= 4 is 18.2 Å². The molecule has 4 rings (SSSR count). The summed E-state index contributed by atoms with van der Waals surface area (Å²) in [5.41, 5.74) is 0. The maximum Gasteiger partial charge on any atom is 0.326 e. The Labute approximate surface area is 145 Å². The van der Waals surface area contributed by atoms with E-state index in [0.717, 1.165) is 32.0 Å². The van der Waals surface area contributed by atoms with Crippen LogP contribution in [0, 0.1) is 5.92 Å². The minimum atomic E-state index is -1.13. The molecule has 0 amide bonds. The summed E-state index contributed by atoms with van der Waals surface area (Å²) in [6.45, 7) is 0. The van der Waals surface area contributed by atoms with E-state index in [1.807, 2.05) is 0 Å². The minimum absolute atomic E-state index is 0.169. The van der Waals surface area contributed by atoms with Crippen molar-refractivity contribution in [1.29, 1.82) is 0 Å². The lowest BCUT2D eigenvalue weighted by atomic mass is 10.0. The third kappa shape index (κ3) is 3.96. The number of carbonyl (C=O) groups excluding carboxylic acids is 1. The van der Waals surface area contributed by atoms with Crippen LogP contribution < -0.4 is 15.4 Å². The first-order valence-electron chi connectivity index (χ1n) is 8.55. The van der Waals surface area contributed by atoms with Crippen LogP contribution in [0.4, 0.5) is 11.9 Å². The molecule has 0 aromatic carbocycles. The number of allylic oxidation sites excluding steroid dienone is 2. The number of aromatic nitrogens is 3. The van der Waals surface area contributed by atoms with Crippen molar-refractivity contribution in [3.8, 4) is 6.01 Å². The number of rotatable bonds is 8. The molecule has 2 N–H and O–H groups in total. The lowest BCUT2D eigenvalue weighted by Gasteiger charge is -2.28. The van der Waals surface area contributed by atoms with Gasteiger partial charge in [-0.2, -0.15) is 15.0 Å². The molecule has 1 aromatic rings. The zero-order chi connectivity index (χ0) is 17.3. The smallest absolute Gasteiger partial charge is 0.326 e. The van der Waals surface area contributed by atoms with E-state index < -0.39 is 5.79 Å². The van der Waals surface area contributed by atoms with Gasteiger partial charge in [-0.3, -0.25) is 0 Å². The molecule has 0 radical (unpaired) electrons. The molecule has 2 fully saturated rings. The normalized spacial score (nSPS) is 27.8. The van der Waals surface area contributed by atoms with Gasteiger partial charge in [0.25, 0.3) is 5.79 Å². The Morgan fingerprint density at radius 3 is 2.04 bits per heavy atom. The van der Waals surface area contributed by atoms with Gasteiger partial charge >= 0.3 is 6.01 Å². The van der Waals surface area contributed by atoms with Crippen LogP contribution in [0.25, 0.3) is 0 Å². The second-order valence-corrected chi connectivity index (χ2v) is 6.56. The van der Waals surface area contributed by atoms with Crippen LogP contribution in [-0.4, -0.2) is 46.2 Å². The van der Waals surface area contributed by atoms with Crippen molar-refractivity contribution in [3.05, 3.63) is 24.3 Å². The Balaban J connectivity index is 1.56. The molecule has 2 saturated carbocycles. The largest absolute Gasteiger partial charge is 0.423 e. The summed E-state index contributed by atoms with van der Waals surface area (Å²) in [4.78, 5) is 24.0. The third-order valence-electron chi connectivity index (χ3n) is 4.26. The molecule has 0 spiro atoms. The third-order valence-corrected chi connectivity index (χ3v) is 4.26. The van der Waals surface area contributed by atoms with E-state index in [-0.39, 0.29) is 11.9 Å². The average molecular weight is 343 g/mol. The summed E-state index contributed by atoms with van der Waals surface area (Å²) >= 11 is 0. The number of anilines is 2. The molecule has 0 unspecified atom stereocenters. The fourth-order valence-electron chi connectivity index (χ4n) is 2.44. The highest BCUT2D eigenvalue weighted by Gasteiger charge is 2.32. The highest BCUT2D eigenvalue weighted by Crippen LogP contribution is 2.29. The fourth-order valence-corrected chi connectivity index (χ4v) is 2.44. The fraction of sp³-hybridized carbons (Fsp3) is 0.529. The second-order valence-electron chi connectivity index (χ2n) is 6.56. The van der Waals surface area contributed by atoms with Gasteiger partial charge in [-0.05, 0) is 37.8 Å². The number of aldehydes is 1. The van der Waals surface area contributed by atoms with Gasteiger partial charge in [-0.1, -0.05) is 12.2 Å². The summed E-state index contributed by atoms with van der Waals surface area (Å²) in [6.07, 6.45) is 12.2. The lowest BCUT2D eigenvalue weighted by Crippen LogP contribution is -2.36. The van der Waals surface area contributed by atoms with Crippen molar-refractivity contribution in [2.75, 3.05) is 17.7 Å². The first kappa shape index (κ1) is 16.0. The molecule has 132 valence electrons. The second kappa shape index (κ2) is 6.44. The summed E-state index contributed by atoms with van der Waals surface area (Å²) in [5.74, 6) is -0.411. The van der Waals surface area contributed by atoms with E-state index in [0.29, 0.717) is 24.0 Å². The van der Waals surface area contributed by atoms with Crippen molar-refractivity contribution in [1.82, 2.24) is 15.0 Å². The van der Waals surface area contributed by atoms with E-state index in [2.05, 4.69) is 25.6 Å². The van der Waals surface area contributed by atoms with Crippen molar-refractivity contribution < 1.29 is 14.3 Å². The first-order chi connectivity index (χ1) is 12.2. The Kier molecular flexibility index (Phi) is 4.12. The molecule has 8 nitrogen and oxygen atoms in total. The molecular formula is C17H21N5O3. The number of nitrogens with one attached hydrogen (secondary N) is 2. The predicted octanol–water partition coefficient (Wildman–Crippen LogP) is 1.68. The Bertz CT molecular complexity index is 666. The SMILES string of the molecule is COC1(Oc2nc(NC3CC3)nc(NC3CC3)n2)C=CC(C=O)C=C1. The molecule has 1 heterocycles. The molecule has 0 bridgehead atoms. The monoisotopic (exact) mass is 343 g/mol. The maximum absolute atomic E-state index is 10.9. The highest BCUT2D eigenvalue weighted by atomic mass is 16.7. The average Bonchev–Trinajstić information content (AvgIpc) is 3.53. The number of nitrogens with zero attached hydrogens (tertiary/aromatic N) is 3. The number of carbonyl (C=O) groups is 1. The van der Waals surface area contributed by atoms with E-state index in [4.69, 9.17) is 9.47 Å². The molecule has 3 aliphatic carbocycles. The highest BCUT2D eigenvalue weighted by molar-refractivity contribution is 5.60. The number of hydrogen-bond acceptors (Lipinski definition) is 8. The summed E-state index contributed by atoms with van der Waals surface area (Å²) in [5, 5.41) is 6.54. The lowest BCUT2D eigenvalue weighted by molar-refractivity contribution is -0.109. The Hall–Kier alpha value is -2.48. The maximum atomic E-state index is 10.9. The van der Waals surface area contributed by atoms with Crippen LogP contribution in [-0.2, 0) is 9.53 Å².